The Bertz CT molecular complexity index is 603. The van der Waals surface area contributed by atoms with Crippen molar-refractivity contribution in [3.63, 3.8) is 0 Å². The topological polar surface area (TPSA) is 47.4 Å². The number of halogens is 1. The van der Waals surface area contributed by atoms with Crippen LogP contribution in [-0.2, 0) is 22.6 Å². The number of hydrogen-bond donors (Lipinski definition) is 0. The maximum atomic E-state index is 11.9. The summed E-state index contributed by atoms with van der Waals surface area (Å²) in [6.45, 7) is 7.54. The first-order valence-corrected chi connectivity index (χ1v) is 9.02. The van der Waals surface area contributed by atoms with Crippen molar-refractivity contribution >= 4 is 21.9 Å². The summed E-state index contributed by atoms with van der Waals surface area (Å²) in [5.41, 5.74) is 2.60. The normalized spacial score (nSPS) is 33.4. The third-order valence-corrected chi connectivity index (χ3v) is 6.46. The summed E-state index contributed by atoms with van der Waals surface area (Å²) in [7, 11) is 0. The van der Waals surface area contributed by atoms with Crippen molar-refractivity contribution in [2.24, 2.45) is 17.8 Å². The Labute approximate surface area is 139 Å². The maximum Gasteiger partial charge on any atom is 0.309 e. The second-order valence-corrected chi connectivity index (χ2v) is 7.54. The first-order valence-electron chi connectivity index (χ1n) is 8.22. The standard InChI is InChI=1S/C16H22BrN3O2/c1-3-22-16(21)14-11-6-10(7-12(11)14)19-4-5-20-13(8-19)9(2)15(17)18-20/h10-12,14H,3-8H2,1-2H3. The Hall–Kier alpha value is -0.880. The second kappa shape index (κ2) is 5.34. The molecule has 5 nitrogen and oxygen atoms in total. The van der Waals surface area contributed by atoms with Gasteiger partial charge in [0.1, 0.15) is 4.60 Å². The highest BCUT2D eigenvalue weighted by Crippen LogP contribution is 2.59. The molecule has 0 aromatic carbocycles. The lowest BCUT2D eigenvalue weighted by molar-refractivity contribution is -0.145. The SMILES string of the molecule is CCOC(=O)C1C2CC(N3CCn4nc(Br)c(C)c4C3)CC21. The lowest BCUT2D eigenvalue weighted by Gasteiger charge is -2.34. The number of rotatable bonds is 3. The van der Waals surface area contributed by atoms with Gasteiger partial charge >= 0.3 is 5.97 Å². The van der Waals surface area contributed by atoms with Crippen LogP contribution in [0.25, 0.3) is 0 Å². The number of carbonyl (C=O) groups excluding carboxylic acids is 1. The molecule has 1 aromatic heterocycles. The zero-order chi connectivity index (χ0) is 15.4. The minimum Gasteiger partial charge on any atom is -0.466 e. The molecule has 2 atom stereocenters. The van der Waals surface area contributed by atoms with Crippen molar-refractivity contribution in [1.82, 2.24) is 14.7 Å². The molecular weight excluding hydrogens is 346 g/mol. The van der Waals surface area contributed by atoms with Gasteiger partial charge in [-0.3, -0.25) is 14.4 Å². The van der Waals surface area contributed by atoms with Crippen molar-refractivity contribution < 1.29 is 9.53 Å². The van der Waals surface area contributed by atoms with Crippen LogP contribution >= 0.6 is 15.9 Å². The Morgan fingerprint density at radius 2 is 2.09 bits per heavy atom. The minimum atomic E-state index is 0.0347. The Morgan fingerprint density at radius 1 is 1.36 bits per heavy atom. The van der Waals surface area contributed by atoms with Crippen molar-refractivity contribution in [2.45, 2.75) is 45.8 Å². The van der Waals surface area contributed by atoms with Crippen molar-refractivity contribution in [3.05, 3.63) is 15.9 Å². The fourth-order valence-electron chi connectivity index (χ4n) is 4.44. The number of carbonyl (C=O) groups is 1. The summed E-state index contributed by atoms with van der Waals surface area (Å²) in [4.78, 5) is 14.4. The molecule has 0 radical (unpaired) electrons. The van der Waals surface area contributed by atoms with Crippen LogP contribution in [-0.4, -0.2) is 39.8 Å². The molecule has 0 saturated heterocycles. The lowest BCUT2D eigenvalue weighted by Crippen LogP contribution is -2.41. The van der Waals surface area contributed by atoms with Crippen LogP contribution in [0.15, 0.2) is 4.60 Å². The molecule has 0 spiro atoms. The van der Waals surface area contributed by atoms with E-state index in [4.69, 9.17) is 4.74 Å². The molecule has 1 aliphatic heterocycles. The number of ether oxygens (including phenoxy) is 1. The van der Waals surface area contributed by atoms with Gasteiger partial charge < -0.3 is 4.74 Å². The van der Waals surface area contributed by atoms with Crippen LogP contribution in [0.4, 0.5) is 0 Å². The van der Waals surface area contributed by atoms with E-state index in [-0.39, 0.29) is 11.9 Å². The Morgan fingerprint density at radius 3 is 2.77 bits per heavy atom. The summed E-state index contributed by atoms with van der Waals surface area (Å²) in [5, 5.41) is 4.54. The van der Waals surface area contributed by atoms with Crippen LogP contribution < -0.4 is 0 Å². The van der Waals surface area contributed by atoms with Crippen LogP contribution in [0, 0.1) is 24.7 Å². The number of fused-ring (bicyclic) bond motifs is 2. The van der Waals surface area contributed by atoms with Gasteiger partial charge in [-0.1, -0.05) is 0 Å². The second-order valence-electron chi connectivity index (χ2n) is 6.79. The summed E-state index contributed by atoms with van der Waals surface area (Å²) in [6, 6.07) is 0.627. The lowest BCUT2D eigenvalue weighted by atomic mass is 10.0. The molecular formula is C16H22BrN3O2. The first-order chi connectivity index (χ1) is 10.6. The molecule has 6 heteroatoms. The molecule has 0 N–H and O–H groups in total. The van der Waals surface area contributed by atoms with E-state index in [9.17, 15) is 4.79 Å². The largest absolute Gasteiger partial charge is 0.466 e. The molecule has 2 aliphatic carbocycles. The molecule has 1 aromatic rings. The molecule has 22 heavy (non-hydrogen) atoms. The predicted molar refractivity (Wildman–Crippen MR) is 85.2 cm³/mol. The molecule has 4 rings (SSSR count). The molecule has 0 amide bonds. The van der Waals surface area contributed by atoms with Gasteiger partial charge in [0.15, 0.2) is 0 Å². The van der Waals surface area contributed by atoms with Crippen molar-refractivity contribution in [1.29, 1.82) is 0 Å². The zero-order valence-electron chi connectivity index (χ0n) is 13.1. The highest BCUT2D eigenvalue weighted by Gasteiger charge is 2.61. The Balaban J connectivity index is 1.39. The van der Waals surface area contributed by atoms with Crippen LogP contribution in [0.3, 0.4) is 0 Å². The highest BCUT2D eigenvalue weighted by atomic mass is 79.9. The number of hydrogen-bond acceptors (Lipinski definition) is 4. The summed E-state index contributed by atoms with van der Waals surface area (Å²) in [6.07, 6.45) is 2.31. The monoisotopic (exact) mass is 367 g/mol. The molecule has 3 aliphatic rings. The van der Waals surface area contributed by atoms with Crippen LogP contribution in [0.2, 0.25) is 0 Å². The van der Waals surface area contributed by atoms with Gasteiger partial charge in [-0.15, -0.1) is 0 Å². The number of aromatic nitrogens is 2. The summed E-state index contributed by atoms with van der Waals surface area (Å²) < 4.78 is 8.28. The predicted octanol–water partition coefficient (Wildman–Crippen LogP) is 2.36. The number of esters is 1. The molecule has 2 heterocycles. The van der Waals surface area contributed by atoms with Gasteiger partial charge in [0, 0.05) is 24.7 Å². The van der Waals surface area contributed by atoms with Gasteiger partial charge in [-0.05, 0) is 54.5 Å². The van der Waals surface area contributed by atoms with E-state index in [1.807, 2.05) is 6.92 Å². The van der Waals surface area contributed by atoms with E-state index < -0.39 is 0 Å². The fourth-order valence-corrected chi connectivity index (χ4v) is 4.86. The van der Waals surface area contributed by atoms with Gasteiger partial charge in [0.05, 0.1) is 24.8 Å². The fraction of sp³-hybridized carbons (Fsp3) is 0.750. The van der Waals surface area contributed by atoms with Gasteiger partial charge in [0.25, 0.3) is 0 Å². The summed E-state index contributed by atoms with van der Waals surface area (Å²) in [5.74, 6) is 1.38. The minimum absolute atomic E-state index is 0.0347. The maximum absolute atomic E-state index is 11.9. The molecule has 0 bridgehead atoms. The average Bonchev–Trinajstić information content (AvgIpc) is 2.86. The van der Waals surface area contributed by atoms with E-state index in [1.165, 1.54) is 11.3 Å². The highest BCUT2D eigenvalue weighted by molar-refractivity contribution is 9.10. The van der Waals surface area contributed by atoms with E-state index in [1.54, 1.807) is 0 Å². The molecule has 2 fully saturated rings. The van der Waals surface area contributed by atoms with E-state index >= 15 is 0 Å². The van der Waals surface area contributed by atoms with E-state index in [0.717, 1.165) is 37.1 Å². The van der Waals surface area contributed by atoms with Crippen LogP contribution in [0.1, 0.15) is 31.0 Å². The van der Waals surface area contributed by atoms with Crippen molar-refractivity contribution in [2.75, 3.05) is 13.2 Å². The van der Waals surface area contributed by atoms with E-state index in [0.29, 0.717) is 24.5 Å². The average molecular weight is 368 g/mol. The summed E-state index contributed by atoms with van der Waals surface area (Å²) >= 11 is 3.53. The molecule has 120 valence electrons. The van der Waals surface area contributed by atoms with Gasteiger partial charge in [-0.25, -0.2) is 0 Å². The first kappa shape index (κ1) is 14.7. The van der Waals surface area contributed by atoms with E-state index in [2.05, 4.69) is 37.5 Å². The van der Waals surface area contributed by atoms with Crippen LogP contribution in [0.5, 0.6) is 0 Å². The van der Waals surface area contributed by atoms with Gasteiger partial charge in [-0.2, -0.15) is 5.10 Å². The van der Waals surface area contributed by atoms with Crippen molar-refractivity contribution in [3.8, 4) is 0 Å². The number of nitrogens with zero attached hydrogens (tertiary/aromatic N) is 3. The zero-order valence-corrected chi connectivity index (χ0v) is 14.7. The molecule has 2 saturated carbocycles. The molecule has 2 unspecified atom stereocenters. The third kappa shape index (κ3) is 2.22. The smallest absolute Gasteiger partial charge is 0.309 e. The quantitative estimate of drug-likeness (QED) is 0.769. The third-order valence-electron chi connectivity index (χ3n) is 5.71. The van der Waals surface area contributed by atoms with Gasteiger partial charge in [0.2, 0.25) is 0 Å². The Kier molecular flexibility index (Phi) is 3.57.